The highest BCUT2D eigenvalue weighted by Crippen LogP contribution is 2.21. The Balaban J connectivity index is 2.10. The number of amides is 1. The van der Waals surface area contributed by atoms with E-state index in [9.17, 15) is 13.2 Å². The smallest absolute Gasteiger partial charge is 0.248 e. The number of rotatable bonds is 6. The third kappa shape index (κ3) is 5.26. The van der Waals surface area contributed by atoms with E-state index < -0.39 is 10.0 Å². The lowest BCUT2D eigenvalue weighted by atomic mass is 10.3. The molecule has 7 heteroatoms. The van der Waals surface area contributed by atoms with Crippen molar-refractivity contribution in [3.8, 4) is 0 Å². The fourth-order valence-corrected chi connectivity index (χ4v) is 4.08. The van der Waals surface area contributed by atoms with Gasteiger partial charge in [0.25, 0.3) is 0 Å². The topological polar surface area (TPSA) is 69.7 Å². The molecule has 6 nitrogen and oxygen atoms in total. The predicted octanol–water partition coefficient (Wildman–Crippen LogP) is 2.08. The van der Waals surface area contributed by atoms with E-state index in [1.54, 1.807) is 30.4 Å². The molecule has 2 rings (SSSR count). The molecule has 0 radical (unpaired) electrons. The number of sulfonamides is 1. The van der Waals surface area contributed by atoms with Crippen molar-refractivity contribution in [1.29, 1.82) is 0 Å². The first kappa shape index (κ1) is 19.4. The second-order valence-corrected chi connectivity index (χ2v) is 7.68. The standard InChI is InChI=1S/C18H25N3O3S/c1-3-5-6-10-18(22)19-16-8-7-9-17(15-16)25(23,24)21-13-11-20(4-2)12-14-21/h3,5-10,15H,4,11-14H2,1-2H3,(H,19,22)/b5-3+,10-6+. The minimum Gasteiger partial charge on any atom is -0.322 e. The molecule has 1 N–H and O–H groups in total. The zero-order chi connectivity index (χ0) is 18.3. The van der Waals surface area contributed by atoms with Crippen molar-refractivity contribution in [1.82, 2.24) is 9.21 Å². The van der Waals surface area contributed by atoms with Crippen molar-refractivity contribution in [2.45, 2.75) is 18.7 Å². The van der Waals surface area contributed by atoms with E-state index in [4.69, 9.17) is 0 Å². The summed E-state index contributed by atoms with van der Waals surface area (Å²) in [5.74, 6) is -0.302. The van der Waals surface area contributed by atoms with Crippen LogP contribution in [0.2, 0.25) is 0 Å². The number of nitrogens with zero attached hydrogens (tertiary/aromatic N) is 2. The van der Waals surface area contributed by atoms with E-state index in [-0.39, 0.29) is 10.8 Å². The number of benzene rings is 1. The number of nitrogens with one attached hydrogen (secondary N) is 1. The van der Waals surface area contributed by atoms with Gasteiger partial charge in [0.15, 0.2) is 0 Å². The number of hydrogen-bond acceptors (Lipinski definition) is 4. The first-order valence-electron chi connectivity index (χ1n) is 8.40. The summed E-state index contributed by atoms with van der Waals surface area (Å²) in [6, 6.07) is 6.38. The Morgan fingerprint density at radius 3 is 2.56 bits per heavy atom. The van der Waals surface area contributed by atoms with Crippen molar-refractivity contribution < 1.29 is 13.2 Å². The maximum atomic E-state index is 12.8. The Morgan fingerprint density at radius 2 is 1.92 bits per heavy atom. The van der Waals surface area contributed by atoms with Gasteiger partial charge < -0.3 is 10.2 Å². The van der Waals surface area contributed by atoms with E-state index in [0.29, 0.717) is 18.8 Å². The van der Waals surface area contributed by atoms with Crippen molar-refractivity contribution in [3.63, 3.8) is 0 Å². The van der Waals surface area contributed by atoms with Gasteiger partial charge in [0.05, 0.1) is 4.90 Å². The quantitative estimate of drug-likeness (QED) is 0.621. The van der Waals surface area contributed by atoms with Gasteiger partial charge in [-0.05, 0) is 31.7 Å². The van der Waals surface area contributed by atoms with Crippen LogP contribution in [0.5, 0.6) is 0 Å². The molecule has 1 fully saturated rings. The van der Waals surface area contributed by atoms with E-state index in [1.807, 2.05) is 13.0 Å². The second kappa shape index (κ2) is 8.94. The lowest BCUT2D eigenvalue weighted by Crippen LogP contribution is -2.48. The fraction of sp³-hybridized carbons (Fsp3) is 0.389. The number of hydrogen-bond donors (Lipinski definition) is 1. The molecule has 1 aliphatic heterocycles. The third-order valence-corrected chi connectivity index (χ3v) is 5.96. The molecule has 0 atom stereocenters. The summed E-state index contributed by atoms with van der Waals surface area (Å²) in [6.45, 7) is 7.30. The first-order valence-corrected chi connectivity index (χ1v) is 9.84. The molecule has 136 valence electrons. The molecule has 1 heterocycles. The van der Waals surface area contributed by atoms with Gasteiger partial charge in [0.1, 0.15) is 0 Å². The van der Waals surface area contributed by atoms with Crippen LogP contribution in [0.4, 0.5) is 5.69 Å². The Hall–Kier alpha value is -1.96. The summed E-state index contributed by atoms with van der Waals surface area (Å²) in [4.78, 5) is 14.2. The summed E-state index contributed by atoms with van der Waals surface area (Å²) < 4.78 is 27.1. The highest BCUT2D eigenvalue weighted by atomic mass is 32.2. The Labute approximate surface area is 149 Å². The van der Waals surface area contributed by atoms with Crippen LogP contribution in [-0.2, 0) is 14.8 Å². The number of likely N-dealkylation sites (N-methyl/N-ethyl adjacent to an activating group) is 1. The van der Waals surface area contributed by atoms with Crippen LogP contribution in [0.15, 0.2) is 53.5 Å². The molecule has 0 spiro atoms. The Bertz CT molecular complexity index is 749. The molecule has 0 aromatic heterocycles. The van der Waals surface area contributed by atoms with Crippen LogP contribution in [0.1, 0.15) is 13.8 Å². The maximum Gasteiger partial charge on any atom is 0.248 e. The SMILES string of the molecule is C/C=C/C=C/C(=O)Nc1cccc(S(=O)(=O)N2CCN(CC)CC2)c1. The van der Waals surface area contributed by atoms with Gasteiger partial charge in [-0.15, -0.1) is 0 Å². The number of anilines is 1. The molecule has 0 unspecified atom stereocenters. The number of allylic oxidation sites excluding steroid dienone is 3. The summed E-state index contributed by atoms with van der Waals surface area (Å²) in [6.07, 6.45) is 6.58. The lowest BCUT2D eigenvalue weighted by Gasteiger charge is -2.33. The van der Waals surface area contributed by atoms with Crippen LogP contribution in [-0.4, -0.2) is 56.3 Å². The molecule has 0 bridgehead atoms. The van der Waals surface area contributed by atoms with E-state index >= 15 is 0 Å². The van der Waals surface area contributed by atoms with E-state index in [0.717, 1.165) is 19.6 Å². The van der Waals surface area contributed by atoms with Gasteiger partial charge in [-0.2, -0.15) is 4.31 Å². The van der Waals surface area contributed by atoms with Gasteiger partial charge in [0, 0.05) is 37.9 Å². The average Bonchev–Trinajstić information content (AvgIpc) is 2.62. The molecule has 1 amide bonds. The first-order chi connectivity index (χ1) is 12.0. The zero-order valence-corrected chi connectivity index (χ0v) is 15.5. The van der Waals surface area contributed by atoms with Gasteiger partial charge in [0.2, 0.25) is 15.9 Å². The normalized spacial score (nSPS) is 17.4. The highest BCUT2D eigenvalue weighted by molar-refractivity contribution is 7.89. The van der Waals surface area contributed by atoms with Crippen molar-refractivity contribution in [2.75, 3.05) is 38.0 Å². The van der Waals surface area contributed by atoms with Crippen LogP contribution in [0.3, 0.4) is 0 Å². The molecule has 0 saturated carbocycles. The molecule has 1 saturated heterocycles. The number of carbonyl (C=O) groups excluding carboxylic acids is 1. The largest absolute Gasteiger partial charge is 0.322 e. The van der Waals surface area contributed by atoms with Crippen LogP contribution in [0.25, 0.3) is 0 Å². The molecular weight excluding hydrogens is 338 g/mol. The molecular formula is C18H25N3O3S. The fourth-order valence-electron chi connectivity index (χ4n) is 2.61. The molecule has 1 aromatic rings. The zero-order valence-electron chi connectivity index (χ0n) is 14.7. The minimum absolute atomic E-state index is 0.202. The number of piperazine rings is 1. The summed E-state index contributed by atoms with van der Waals surface area (Å²) in [5.41, 5.74) is 0.461. The summed E-state index contributed by atoms with van der Waals surface area (Å²) in [5, 5.41) is 2.68. The number of carbonyl (C=O) groups is 1. The van der Waals surface area contributed by atoms with E-state index in [1.165, 1.54) is 16.4 Å². The van der Waals surface area contributed by atoms with Crippen LogP contribution >= 0.6 is 0 Å². The maximum absolute atomic E-state index is 12.8. The monoisotopic (exact) mass is 363 g/mol. The molecule has 1 aliphatic rings. The van der Waals surface area contributed by atoms with Gasteiger partial charge >= 0.3 is 0 Å². The van der Waals surface area contributed by atoms with E-state index in [2.05, 4.69) is 17.1 Å². The van der Waals surface area contributed by atoms with Gasteiger partial charge in [-0.25, -0.2) is 8.42 Å². The van der Waals surface area contributed by atoms with Crippen molar-refractivity contribution in [2.24, 2.45) is 0 Å². The van der Waals surface area contributed by atoms with Crippen molar-refractivity contribution >= 4 is 21.6 Å². The third-order valence-electron chi connectivity index (χ3n) is 4.07. The van der Waals surface area contributed by atoms with Gasteiger partial charge in [-0.1, -0.05) is 31.2 Å². The van der Waals surface area contributed by atoms with Crippen LogP contribution < -0.4 is 5.32 Å². The molecule has 25 heavy (non-hydrogen) atoms. The van der Waals surface area contributed by atoms with Crippen LogP contribution in [0, 0.1) is 0 Å². The molecule has 0 aliphatic carbocycles. The van der Waals surface area contributed by atoms with Crippen molar-refractivity contribution in [3.05, 3.63) is 48.6 Å². The highest BCUT2D eigenvalue weighted by Gasteiger charge is 2.28. The Morgan fingerprint density at radius 1 is 1.20 bits per heavy atom. The van der Waals surface area contributed by atoms with Gasteiger partial charge in [-0.3, -0.25) is 4.79 Å². The summed E-state index contributed by atoms with van der Waals surface area (Å²) in [7, 11) is -3.55. The minimum atomic E-state index is -3.55. The molecule has 1 aromatic carbocycles. The second-order valence-electron chi connectivity index (χ2n) is 5.74. The Kier molecular flexibility index (Phi) is 6.92. The predicted molar refractivity (Wildman–Crippen MR) is 99.9 cm³/mol. The lowest BCUT2D eigenvalue weighted by molar-refractivity contribution is -0.111. The summed E-state index contributed by atoms with van der Waals surface area (Å²) >= 11 is 0. The average molecular weight is 363 g/mol.